The van der Waals surface area contributed by atoms with Crippen LogP contribution in [0.4, 0.5) is 0 Å². The third kappa shape index (κ3) is 5.51. The highest BCUT2D eigenvalue weighted by molar-refractivity contribution is 6.36. The normalized spacial score (nSPS) is 10.1. The van der Waals surface area contributed by atoms with Gasteiger partial charge in [0.1, 0.15) is 5.69 Å². The van der Waals surface area contributed by atoms with E-state index in [2.05, 4.69) is 10.3 Å². The number of halogens is 1. The highest BCUT2D eigenvalue weighted by atomic mass is 35.5. The molecule has 0 saturated carbocycles. The topological polar surface area (TPSA) is 149 Å². The molecule has 9 nitrogen and oxygen atoms in total. The minimum absolute atomic E-state index is 0.123. The predicted octanol–water partition coefficient (Wildman–Crippen LogP) is 1.12. The molecule has 1 heterocycles. The van der Waals surface area contributed by atoms with Crippen LogP contribution < -0.4 is 5.32 Å². The second-order valence-corrected chi connectivity index (χ2v) is 6.10. The summed E-state index contributed by atoms with van der Waals surface area (Å²) in [6, 6.07) is 3.38. The van der Waals surface area contributed by atoms with Crippen LogP contribution in [0.2, 0.25) is 5.02 Å². The van der Waals surface area contributed by atoms with Gasteiger partial charge in [-0.3, -0.25) is 0 Å². The summed E-state index contributed by atoms with van der Waals surface area (Å²) in [7, 11) is 1.27. The number of hydrogen-bond donors (Lipinski definition) is 5. The van der Waals surface area contributed by atoms with Crippen molar-refractivity contribution in [3.05, 3.63) is 45.2 Å². The fourth-order valence-corrected chi connectivity index (χ4v) is 3.27. The van der Waals surface area contributed by atoms with E-state index in [9.17, 15) is 20.1 Å². The molecule has 0 atom stereocenters. The standard InChI is InChI=1S/C18H23ClN2O5.CO2/c1-3-20-6-14-15(16(19)17(21-14)18(25)26-2)11-5-4-10(7-22)12(8-23)13(11)9-24;2-1-3/h4-5,20-24H,3,6-9H2,1-2H3;. The van der Waals surface area contributed by atoms with Crippen LogP contribution in [-0.4, -0.2) is 46.1 Å². The summed E-state index contributed by atoms with van der Waals surface area (Å²) in [5.41, 5.74) is 3.33. The molecule has 0 spiro atoms. The Hall–Kier alpha value is -2.52. The average Bonchev–Trinajstić information content (AvgIpc) is 3.06. The second-order valence-electron chi connectivity index (χ2n) is 5.73. The third-order valence-electron chi connectivity index (χ3n) is 4.24. The Morgan fingerprint density at radius 3 is 2.28 bits per heavy atom. The van der Waals surface area contributed by atoms with E-state index in [1.165, 1.54) is 7.11 Å². The lowest BCUT2D eigenvalue weighted by Crippen LogP contribution is -2.13. The molecule has 0 amide bonds. The monoisotopic (exact) mass is 426 g/mol. The van der Waals surface area contributed by atoms with Crippen molar-refractivity contribution in [2.24, 2.45) is 0 Å². The summed E-state index contributed by atoms with van der Waals surface area (Å²) in [5, 5.41) is 32.4. The third-order valence-corrected chi connectivity index (χ3v) is 4.62. The van der Waals surface area contributed by atoms with E-state index < -0.39 is 5.97 Å². The molecule has 0 fully saturated rings. The SMILES string of the molecule is CCNCc1[nH]c(C(=O)OC)c(Cl)c1-c1ccc(CO)c(CO)c1CO.O=C=O. The first-order chi connectivity index (χ1) is 13.9. The van der Waals surface area contributed by atoms with Gasteiger partial charge in [0.25, 0.3) is 0 Å². The van der Waals surface area contributed by atoms with Crippen LogP contribution in [0.3, 0.4) is 0 Å². The number of benzene rings is 1. The number of rotatable bonds is 8. The number of aromatic nitrogens is 1. The van der Waals surface area contributed by atoms with Gasteiger partial charge in [0.15, 0.2) is 0 Å². The number of aliphatic hydroxyl groups is 3. The summed E-state index contributed by atoms with van der Waals surface area (Å²) in [6.07, 6.45) is 0.250. The van der Waals surface area contributed by atoms with E-state index in [1.807, 2.05) is 6.92 Å². The van der Waals surface area contributed by atoms with Gasteiger partial charge < -0.3 is 30.4 Å². The highest BCUT2D eigenvalue weighted by Gasteiger charge is 2.25. The number of H-pyrrole nitrogens is 1. The van der Waals surface area contributed by atoms with Crippen LogP contribution in [0.15, 0.2) is 12.1 Å². The second kappa shape index (κ2) is 12.1. The fourth-order valence-electron chi connectivity index (χ4n) is 2.93. The van der Waals surface area contributed by atoms with E-state index >= 15 is 0 Å². The summed E-state index contributed by atoms with van der Waals surface area (Å²) >= 11 is 6.46. The average molecular weight is 427 g/mol. The lowest BCUT2D eigenvalue weighted by atomic mass is 9.92. The lowest BCUT2D eigenvalue weighted by molar-refractivity contribution is -0.191. The molecule has 0 aliphatic carbocycles. The van der Waals surface area contributed by atoms with Crippen LogP contribution in [0, 0.1) is 0 Å². The Bertz CT molecular complexity index is 874. The minimum atomic E-state index is -0.598. The van der Waals surface area contributed by atoms with Crippen molar-refractivity contribution in [2.75, 3.05) is 13.7 Å². The molecule has 2 rings (SSSR count). The maximum absolute atomic E-state index is 12.0. The van der Waals surface area contributed by atoms with Crippen molar-refractivity contribution in [2.45, 2.75) is 33.3 Å². The van der Waals surface area contributed by atoms with E-state index in [0.717, 1.165) is 0 Å². The number of esters is 1. The molecule has 0 unspecified atom stereocenters. The van der Waals surface area contributed by atoms with Gasteiger partial charge in [-0.1, -0.05) is 30.7 Å². The molecule has 10 heteroatoms. The molecular formula is C19H23ClN2O7. The van der Waals surface area contributed by atoms with Gasteiger partial charge >= 0.3 is 12.1 Å². The number of hydrogen-bond acceptors (Lipinski definition) is 8. The molecule has 0 radical (unpaired) electrons. The number of carbonyl (C=O) groups excluding carboxylic acids is 3. The number of methoxy groups -OCH3 is 1. The van der Waals surface area contributed by atoms with Crippen molar-refractivity contribution in [1.82, 2.24) is 10.3 Å². The lowest BCUT2D eigenvalue weighted by Gasteiger charge is -2.16. The quantitative estimate of drug-likeness (QED) is 0.394. The van der Waals surface area contributed by atoms with E-state index in [1.54, 1.807) is 12.1 Å². The molecule has 29 heavy (non-hydrogen) atoms. The molecule has 158 valence electrons. The molecular weight excluding hydrogens is 404 g/mol. The Balaban J connectivity index is 0.00000132. The van der Waals surface area contributed by atoms with Gasteiger partial charge in [-0.2, -0.15) is 9.59 Å². The Morgan fingerprint density at radius 2 is 1.79 bits per heavy atom. The van der Waals surface area contributed by atoms with Gasteiger partial charge in [-0.25, -0.2) is 4.79 Å². The number of carbonyl (C=O) groups is 1. The van der Waals surface area contributed by atoms with Gasteiger partial charge in [0.2, 0.25) is 0 Å². The molecule has 1 aromatic heterocycles. The molecule has 5 N–H and O–H groups in total. The highest BCUT2D eigenvalue weighted by Crippen LogP contribution is 2.38. The molecule has 0 saturated heterocycles. The maximum Gasteiger partial charge on any atom is 0.373 e. The summed E-state index contributed by atoms with van der Waals surface area (Å²) in [5.74, 6) is -0.598. The molecule has 0 aliphatic heterocycles. The van der Waals surface area contributed by atoms with E-state index in [0.29, 0.717) is 46.6 Å². The van der Waals surface area contributed by atoms with Crippen molar-refractivity contribution < 1.29 is 34.4 Å². The number of aliphatic hydroxyl groups excluding tert-OH is 3. The molecule has 0 aliphatic rings. The fraction of sp³-hybridized carbons (Fsp3) is 0.368. The zero-order valence-electron chi connectivity index (χ0n) is 16.0. The van der Waals surface area contributed by atoms with Crippen molar-refractivity contribution >= 4 is 23.7 Å². The molecule has 2 aromatic rings. The van der Waals surface area contributed by atoms with Gasteiger partial charge in [-0.05, 0) is 28.8 Å². The van der Waals surface area contributed by atoms with Crippen molar-refractivity contribution in [1.29, 1.82) is 0 Å². The Kier molecular flexibility index (Phi) is 10.3. The molecule has 0 bridgehead atoms. The van der Waals surface area contributed by atoms with Crippen molar-refractivity contribution in [3.8, 4) is 11.1 Å². The summed E-state index contributed by atoms with van der Waals surface area (Å²) in [6.45, 7) is 2.13. The van der Waals surface area contributed by atoms with Crippen molar-refractivity contribution in [3.63, 3.8) is 0 Å². The largest absolute Gasteiger partial charge is 0.464 e. The van der Waals surface area contributed by atoms with Gasteiger partial charge in [0.05, 0.1) is 32.0 Å². The smallest absolute Gasteiger partial charge is 0.373 e. The van der Waals surface area contributed by atoms with E-state index in [-0.39, 0.29) is 36.7 Å². The summed E-state index contributed by atoms with van der Waals surface area (Å²) < 4.78 is 4.77. The van der Waals surface area contributed by atoms with Gasteiger partial charge in [0, 0.05) is 17.8 Å². The predicted molar refractivity (Wildman–Crippen MR) is 103 cm³/mol. The Morgan fingerprint density at radius 1 is 1.17 bits per heavy atom. The minimum Gasteiger partial charge on any atom is -0.464 e. The van der Waals surface area contributed by atoms with Crippen LogP contribution in [-0.2, 0) is 40.7 Å². The number of ether oxygens (including phenoxy) is 1. The van der Waals surface area contributed by atoms with Crippen LogP contribution in [0.5, 0.6) is 0 Å². The first-order valence-corrected chi connectivity index (χ1v) is 8.98. The van der Waals surface area contributed by atoms with Crippen LogP contribution in [0.1, 0.15) is 39.8 Å². The van der Waals surface area contributed by atoms with Crippen LogP contribution in [0.25, 0.3) is 11.1 Å². The molecule has 1 aromatic carbocycles. The zero-order chi connectivity index (χ0) is 22.0. The summed E-state index contributed by atoms with van der Waals surface area (Å²) in [4.78, 5) is 31.2. The van der Waals surface area contributed by atoms with E-state index in [4.69, 9.17) is 25.9 Å². The number of aromatic amines is 1. The zero-order valence-corrected chi connectivity index (χ0v) is 16.8. The first-order valence-electron chi connectivity index (χ1n) is 8.60. The van der Waals surface area contributed by atoms with Crippen LogP contribution >= 0.6 is 11.6 Å². The number of nitrogens with one attached hydrogen (secondary N) is 2. The Labute approximate surface area is 172 Å². The maximum atomic E-state index is 12.0. The first kappa shape index (κ1) is 24.5. The van der Waals surface area contributed by atoms with Gasteiger partial charge in [-0.15, -0.1) is 0 Å².